The zero-order valence-corrected chi connectivity index (χ0v) is 17.3. The van der Waals surface area contributed by atoms with Crippen LogP contribution < -0.4 is 0 Å². The molecular formula is C24H38O3. The summed E-state index contributed by atoms with van der Waals surface area (Å²) in [4.78, 5) is 0. The molecule has 3 nitrogen and oxygen atoms in total. The largest absolute Gasteiger partial charge is 0.508 e. The average molecular weight is 375 g/mol. The number of hydrogen-bond acceptors (Lipinski definition) is 3. The summed E-state index contributed by atoms with van der Waals surface area (Å²) in [6, 6.07) is 6.09. The van der Waals surface area contributed by atoms with Crippen molar-refractivity contribution in [1.29, 1.82) is 0 Å². The molecule has 0 aliphatic heterocycles. The summed E-state index contributed by atoms with van der Waals surface area (Å²) in [6.07, 6.45) is 11.9. The Bertz CT molecular complexity index is 604. The van der Waals surface area contributed by atoms with Crippen LogP contribution in [-0.2, 0) is 5.41 Å². The lowest BCUT2D eigenvalue weighted by molar-refractivity contribution is 0.0879. The molecule has 1 aliphatic carbocycles. The SMILES string of the molecule is CCCCC=CC(C)(C)c1ccc([C@H]2C[C@H](O)CC[C@@H]2CCCO)c(O)c1. The number of unbranched alkanes of at least 4 members (excludes halogenated alkanes) is 2. The molecule has 0 unspecified atom stereocenters. The molecule has 2 rings (SSSR count). The third-order valence-electron chi connectivity index (χ3n) is 6.13. The van der Waals surface area contributed by atoms with Crippen molar-refractivity contribution in [2.75, 3.05) is 6.61 Å². The summed E-state index contributed by atoms with van der Waals surface area (Å²) in [6.45, 7) is 6.76. The number of hydrogen-bond donors (Lipinski definition) is 3. The molecule has 1 fully saturated rings. The van der Waals surface area contributed by atoms with Gasteiger partial charge in [-0.25, -0.2) is 0 Å². The van der Waals surface area contributed by atoms with E-state index in [1.807, 2.05) is 6.07 Å². The van der Waals surface area contributed by atoms with E-state index >= 15 is 0 Å². The first-order valence-electron chi connectivity index (χ1n) is 10.7. The van der Waals surface area contributed by atoms with Gasteiger partial charge in [0.2, 0.25) is 0 Å². The standard InChI is InChI=1S/C24H38O3/c1-4-5-6-7-14-24(2,3)19-11-13-21(23(27)16-19)22-17-20(26)12-10-18(22)9-8-15-25/h7,11,13-14,16,18,20,22,25-27H,4-6,8-10,12,15,17H2,1-3H3/t18-,20+,22-/m0/s1. The van der Waals surface area contributed by atoms with Crippen molar-refractivity contribution in [3.63, 3.8) is 0 Å². The van der Waals surface area contributed by atoms with Crippen molar-refractivity contribution >= 4 is 0 Å². The molecule has 0 aromatic heterocycles. The Balaban J connectivity index is 2.19. The molecule has 3 atom stereocenters. The average Bonchev–Trinajstić information content (AvgIpc) is 2.64. The Hall–Kier alpha value is -1.32. The molecule has 0 spiro atoms. The summed E-state index contributed by atoms with van der Waals surface area (Å²) in [5.74, 6) is 0.924. The highest BCUT2D eigenvalue weighted by Gasteiger charge is 2.32. The van der Waals surface area contributed by atoms with Crippen LogP contribution in [0.1, 0.15) is 89.2 Å². The fraction of sp³-hybridized carbons (Fsp3) is 0.667. The van der Waals surface area contributed by atoms with Gasteiger partial charge in [-0.1, -0.05) is 57.9 Å². The summed E-state index contributed by atoms with van der Waals surface area (Å²) >= 11 is 0. The van der Waals surface area contributed by atoms with E-state index in [2.05, 4.69) is 45.1 Å². The van der Waals surface area contributed by atoms with Crippen LogP contribution in [0.5, 0.6) is 5.75 Å². The van der Waals surface area contributed by atoms with Crippen molar-refractivity contribution < 1.29 is 15.3 Å². The van der Waals surface area contributed by atoms with Crippen LogP contribution in [0.15, 0.2) is 30.4 Å². The van der Waals surface area contributed by atoms with Gasteiger partial charge in [0.15, 0.2) is 0 Å². The molecule has 3 heteroatoms. The number of rotatable bonds is 9. The van der Waals surface area contributed by atoms with Gasteiger partial charge in [0.1, 0.15) is 5.75 Å². The fourth-order valence-electron chi connectivity index (χ4n) is 4.35. The van der Waals surface area contributed by atoms with Gasteiger partial charge < -0.3 is 15.3 Å². The normalized spacial score (nSPS) is 23.8. The van der Waals surface area contributed by atoms with E-state index in [0.29, 0.717) is 18.1 Å². The highest BCUT2D eigenvalue weighted by molar-refractivity contribution is 5.43. The van der Waals surface area contributed by atoms with Crippen molar-refractivity contribution in [3.8, 4) is 5.75 Å². The summed E-state index contributed by atoms with van der Waals surface area (Å²) in [5, 5.41) is 30.1. The van der Waals surface area contributed by atoms with Crippen molar-refractivity contribution in [3.05, 3.63) is 41.5 Å². The van der Waals surface area contributed by atoms with E-state index in [1.165, 1.54) is 12.8 Å². The monoisotopic (exact) mass is 374 g/mol. The quantitative estimate of drug-likeness (QED) is 0.399. The fourth-order valence-corrected chi connectivity index (χ4v) is 4.35. The van der Waals surface area contributed by atoms with Gasteiger partial charge in [-0.05, 0) is 67.6 Å². The Morgan fingerprint density at radius 1 is 1.19 bits per heavy atom. The van der Waals surface area contributed by atoms with Gasteiger partial charge in [-0.2, -0.15) is 0 Å². The van der Waals surface area contributed by atoms with Gasteiger partial charge in [-0.15, -0.1) is 0 Å². The predicted octanol–water partition coefficient (Wildman–Crippen LogP) is 5.43. The first-order chi connectivity index (χ1) is 12.9. The molecule has 0 heterocycles. The van der Waals surface area contributed by atoms with Gasteiger partial charge in [-0.3, -0.25) is 0 Å². The lowest BCUT2D eigenvalue weighted by Gasteiger charge is -2.35. The number of benzene rings is 1. The Labute approximate surface area is 165 Å². The molecular weight excluding hydrogens is 336 g/mol. The van der Waals surface area contributed by atoms with Crippen LogP contribution in [0.25, 0.3) is 0 Å². The first-order valence-corrected chi connectivity index (χ1v) is 10.7. The second kappa shape index (κ2) is 10.3. The van der Waals surface area contributed by atoms with E-state index in [9.17, 15) is 15.3 Å². The zero-order valence-electron chi connectivity index (χ0n) is 17.3. The minimum absolute atomic E-state index is 0.119. The summed E-state index contributed by atoms with van der Waals surface area (Å²) in [7, 11) is 0. The third kappa shape index (κ3) is 6.08. The van der Waals surface area contributed by atoms with Crippen molar-refractivity contribution in [2.24, 2.45) is 5.92 Å². The Morgan fingerprint density at radius 2 is 1.96 bits per heavy atom. The van der Waals surface area contributed by atoms with Crippen LogP contribution in [0.4, 0.5) is 0 Å². The topological polar surface area (TPSA) is 60.7 Å². The lowest BCUT2D eigenvalue weighted by atomic mass is 9.71. The second-order valence-electron chi connectivity index (χ2n) is 8.74. The minimum Gasteiger partial charge on any atom is -0.508 e. The Kier molecular flexibility index (Phi) is 8.37. The van der Waals surface area contributed by atoms with E-state index < -0.39 is 0 Å². The van der Waals surface area contributed by atoms with Crippen molar-refractivity contribution in [2.45, 2.75) is 89.6 Å². The number of allylic oxidation sites excluding steroid dienone is 2. The molecule has 0 amide bonds. The van der Waals surface area contributed by atoms with Crippen molar-refractivity contribution in [1.82, 2.24) is 0 Å². The smallest absolute Gasteiger partial charge is 0.119 e. The van der Waals surface area contributed by atoms with Crippen LogP contribution >= 0.6 is 0 Å². The van der Waals surface area contributed by atoms with E-state index in [-0.39, 0.29) is 24.0 Å². The molecule has 1 aliphatic rings. The molecule has 0 bridgehead atoms. The maximum Gasteiger partial charge on any atom is 0.119 e. The van der Waals surface area contributed by atoms with Gasteiger partial charge >= 0.3 is 0 Å². The second-order valence-corrected chi connectivity index (χ2v) is 8.74. The van der Waals surface area contributed by atoms with Crippen LogP contribution in [-0.4, -0.2) is 28.0 Å². The number of aliphatic hydroxyl groups excluding tert-OH is 2. The van der Waals surface area contributed by atoms with Gasteiger partial charge in [0.25, 0.3) is 0 Å². The summed E-state index contributed by atoms with van der Waals surface area (Å²) < 4.78 is 0. The third-order valence-corrected chi connectivity index (χ3v) is 6.13. The molecule has 27 heavy (non-hydrogen) atoms. The highest BCUT2D eigenvalue weighted by atomic mass is 16.3. The maximum absolute atomic E-state index is 10.8. The molecule has 152 valence electrons. The van der Waals surface area contributed by atoms with E-state index in [4.69, 9.17) is 0 Å². The number of aliphatic hydroxyl groups is 2. The van der Waals surface area contributed by atoms with E-state index in [0.717, 1.165) is 43.2 Å². The minimum atomic E-state index is -0.294. The van der Waals surface area contributed by atoms with Crippen LogP contribution in [0, 0.1) is 5.92 Å². The molecule has 0 saturated heterocycles. The van der Waals surface area contributed by atoms with Crippen LogP contribution in [0.3, 0.4) is 0 Å². The number of phenols is 1. The van der Waals surface area contributed by atoms with Gasteiger partial charge in [0, 0.05) is 12.0 Å². The molecule has 1 saturated carbocycles. The molecule has 1 aromatic rings. The van der Waals surface area contributed by atoms with Crippen LogP contribution in [0.2, 0.25) is 0 Å². The maximum atomic E-state index is 10.8. The molecule has 3 N–H and O–H groups in total. The lowest BCUT2D eigenvalue weighted by Crippen LogP contribution is -2.27. The number of aromatic hydroxyl groups is 1. The molecule has 0 radical (unpaired) electrons. The first kappa shape index (κ1) is 22.0. The summed E-state index contributed by atoms with van der Waals surface area (Å²) in [5.41, 5.74) is 1.94. The highest BCUT2D eigenvalue weighted by Crippen LogP contribution is 2.44. The Morgan fingerprint density at radius 3 is 2.63 bits per heavy atom. The number of phenolic OH excluding ortho intramolecular Hbond substituents is 1. The molecule has 1 aromatic carbocycles. The predicted molar refractivity (Wildman–Crippen MR) is 112 cm³/mol. The van der Waals surface area contributed by atoms with Gasteiger partial charge in [0.05, 0.1) is 6.10 Å². The zero-order chi connectivity index (χ0) is 19.9. The van der Waals surface area contributed by atoms with E-state index in [1.54, 1.807) is 0 Å².